The molecule has 1 saturated carbocycles. The van der Waals surface area contributed by atoms with Crippen molar-refractivity contribution < 1.29 is 0 Å². The van der Waals surface area contributed by atoms with Crippen molar-refractivity contribution >= 4 is 11.3 Å². The van der Waals surface area contributed by atoms with Crippen LogP contribution in [0.5, 0.6) is 0 Å². The maximum absolute atomic E-state index is 4.37. The highest BCUT2D eigenvalue weighted by Gasteiger charge is 2.25. The highest BCUT2D eigenvalue weighted by molar-refractivity contribution is 7.11. The van der Waals surface area contributed by atoms with Crippen LogP contribution in [0.3, 0.4) is 0 Å². The van der Waals surface area contributed by atoms with Crippen molar-refractivity contribution in [2.24, 2.45) is 0 Å². The minimum Gasteiger partial charge on any atom is -0.307 e. The lowest BCUT2D eigenvalue weighted by Crippen LogP contribution is -2.17. The molecule has 0 aliphatic heterocycles. The molecule has 1 aromatic heterocycles. The Bertz CT molecular complexity index is 505. The van der Waals surface area contributed by atoms with Crippen LogP contribution in [0.4, 0.5) is 0 Å². The Morgan fingerprint density at radius 1 is 1.22 bits per heavy atom. The van der Waals surface area contributed by atoms with Gasteiger partial charge in [0, 0.05) is 5.92 Å². The van der Waals surface area contributed by atoms with Crippen LogP contribution >= 0.6 is 11.3 Å². The predicted molar refractivity (Wildman–Crippen MR) is 73.8 cm³/mol. The first-order valence-corrected chi connectivity index (χ1v) is 7.25. The molecular weight excluding hydrogens is 242 g/mol. The molecule has 1 fully saturated rings. The monoisotopic (exact) mass is 259 g/mol. The molecule has 0 amide bonds. The van der Waals surface area contributed by atoms with E-state index in [1.807, 2.05) is 13.1 Å². The number of hydrogen-bond acceptors (Lipinski definition) is 4. The van der Waals surface area contributed by atoms with Crippen molar-refractivity contribution in [3.63, 3.8) is 0 Å². The third-order valence-electron chi connectivity index (χ3n) is 3.58. The Labute approximate surface area is 111 Å². The minimum atomic E-state index is 0.164. The summed E-state index contributed by atoms with van der Waals surface area (Å²) < 4.78 is 0. The van der Waals surface area contributed by atoms with Crippen LogP contribution in [0.2, 0.25) is 0 Å². The molecule has 2 aromatic rings. The molecule has 1 heterocycles. The molecule has 94 valence electrons. The van der Waals surface area contributed by atoms with E-state index in [1.54, 1.807) is 11.3 Å². The highest BCUT2D eigenvalue weighted by Crippen LogP contribution is 2.38. The van der Waals surface area contributed by atoms with Crippen LogP contribution < -0.4 is 5.32 Å². The van der Waals surface area contributed by atoms with Crippen molar-refractivity contribution in [2.75, 3.05) is 7.05 Å². The number of nitrogens with zero attached hydrogens (tertiary/aromatic N) is 2. The van der Waals surface area contributed by atoms with Gasteiger partial charge in [0.1, 0.15) is 10.0 Å². The van der Waals surface area contributed by atoms with Gasteiger partial charge < -0.3 is 5.32 Å². The SMILES string of the molecule is CNC(c1ccccc1)c1nnc(C2CCC2)s1. The standard InChI is InChI=1S/C14H17N3S/c1-15-12(10-6-3-2-4-7-10)14-17-16-13(18-14)11-8-5-9-11/h2-4,6-7,11-12,15H,5,8-9H2,1H3. The zero-order valence-electron chi connectivity index (χ0n) is 10.5. The van der Waals surface area contributed by atoms with Crippen LogP contribution in [-0.4, -0.2) is 17.2 Å². The quantitative estimate of drug-likeness (QED) is 0.916. The van der Waals surface area contributed by atoms with E-state index >= 15 is 0 Å². The summed E-state index contributed by atoms with van der Waals surface area (Å²) in [4.78, 5) is 0. The molecule has 4 heteroatoms. The zero-order chi connectivity index (χ0) is 12.4. The minimum absolute atomic E-state index is 0.164. The first-order chi connectivity index (χ1) is 8.88. The van der Waals surface area contributed by atoms with Crippen molar-refractivity contribution in [3.05, 3.63) is 45.9 Å². The van der Waals surface area contributed by atoms with Crippen LogP contribution in [0.15, 0.2) is 30.3 Å². The molecule has 1 aliphatic rings. The lowest BCUT2D eigenvalue weighted by molar-refractivity contribution is 0.416. The molecule has 0 spiro atoms. The van der Waals surface area contributed by atoms with E-state index in [1.165, 1.54) is 29.8 Å². The molecule has 0 saturated heterocycles. The summed E-state index contributed by atoms with van der Waals surface area (Å²) in [6, 6.07) is 10.6. The average molecular weight is 259 g/mol. The van der Waals surface area contributed by atoms with E-state index in [-0.39, 0.29) is 6.04 Å². The second-order valence-electron chi connectivity index (χ2n) is 4.74. The van der Waals surface area contributed by atoms with Gasteiger partial charge >= 0.3 is 0 Å². The van der Waals surface area contributed by atoms with Gasteiger partial charge in [0.05, 0.1) is 6.04 Å². The van der Waals surface area contributed by atoms with E-state index in [0.29, 0.717) is 5.92 Å². The van der Waals surface area contributed by atoms with Gasteiger partial charge in [-0.3, -0.25) is 0 Å². The average Bonchev–Trinajstić information content (AvgIpc) is 2.78. The third-order valence-corrected chi connectivity index (χ3v) is 4.73. The van der Waals surface area contributed by atoms with Gasteiger partial charge in [0.15, 0.2) is 0 Å². The highest BCUT2D eigenvalue weighted by atomic mass is 32.1. The maximum Gasteiger partial charge on any atom is 0.139 e. The van der Waals surface area contributed by atoms with Crippen LogP contribution in [0.1, 0.15) is 46.8 Å². The van der Waals surface area contributed by atoms with Gasteiger partial charge in [-0.25, -0.2) is 0 Å². The van der Waals surface area contributed by atoms with Crippen molar-refractivity contribution in [1.29, 1.82) is 0 Å². The van der Waals surface area contributed by atoms with Crippen molar-refractivity contribution in [2.45, 2.75) is 31.2 Å². The third kappa shape index (κ3) is 2.18. The van der Waals surface area contributed by atoms with Crippen LogP contribution in [-0.2, 0) is 0 Å². The number of aromatic nitrogens is 2. The van der Waals surface area contributed by atoms with Crippen molar-refractivity contribution in [3.8, 4) is 0 Å². The van der Waals surface area contributed by atoms with Crippen LogP contribution in [0.25, 0.3) is 0 Å². The fraction of sp³-hybridized carbons (Fsp3) is 0.429. The molecule has 1 N–H and O–H groups in total. The summed E-state index contributed by atoms with van der Waals surface area (Å²) in [7, 11) is 1.97. The molecule has 0 radical (unpaired) electrons. The van der Waals surface area contributed by atoms with Crippen molar-refractivity contribution in [1.82, 2.24) is 15.5 Å². The van der Waals surface area contributed by atoms with Gasteiger partial charge in [0.2, 0.25) is 0 Å². The zero-order valence-corrected chi connectivity index (χ0v) is 11.3. The lowest BCUT2D eigenvalue weighted by Gasteiger charge is -2.22. The molecule has 1 atom stereocenters. The number of benzene rings is 1. The summed E-state index contributed by atoms with van der Waals surface area (Å²) >= 11 is 1.76. The fourth-order valence-electron chi connectivity index (χ4n) is 2.26. The van der Waals surface area contributed by atoms with Gasteiger partial charge in [-0.2, -0.15) is 0 Å². The van der Waals surface area contributed by atoms with E-state index in [0.717, 1.165) is 5.01 Å². The normalized spacial score (nSPS) is 17.4. The molecule has 3 rings (SSSR count). The molecule has 0 bridgehead atoms. The van der Waals surface area contributed by atoms with E-state index < -0.39 is 0 Å². The first kappa shape index (κ1) is 11.8. The van der Waals surface area contributed by atoms with E-state index in [2.05, 4.69) is 39.8 Å². The number of hydrogen-bond donors (Lipinski definition) is 1. The number of rotatable bonds is 4. The Morgan fingerprint density at radius 2 is 2.00 bits per heavy atom. The Kier molecular flexibility index (Phi) is 3.39. The number of nitrogens with one attached hydrogen (secondary N) is 1. The lowest BCUT2D eigenvalue weighted by atomic mass is 9.86. The molecule has 3 nitrogen and oxygen atoms in total. The largest absolute Gasteiger partial charge is 0.307 e. The topological polar surface area (TPSA) is 37.8 Å². The summed E-state index contributed by atoms with van der Waals surface area (Å²) in [5, 5.41) is 14.4. The molecule has 1 aliphatic carbocycles. The predicted octanol–water partition coefficient (Wildman–Crippen LogP) is 3.11. The molecule has 1 unspecified atom stereocenters. The van der Waals surface area contributed by atoms with Gasteiger partial charge in [-0.1, -0.05) is 48.1 Å². The smallest absolute Gasteiger partial charge is 0.139 e. The Hall–Kier alpha value is -1.26. The van der Waals surface area contributed by atoms with Gasteiger partial charge in [0.25, 0.3) is 0 Å². The molecule has 1 aromatic carbocycles. The summed E-state index contributed by atoms with van der Waals surface area (Å²) in [6.07, 6.45) is 3.90. The second-order valence-corrected chi connectivity index (χ2v) is 5.78. The first-order valence-electron chi connectivity index (χ1n) is 6.44. The summed E-state index contributed by atoms with van der Waals surface area (Å²) in [5.41, 5.74) is 1.25. The van der Waals surface area contributed by atoms with Gasteiger partial charge in [-0.05, 0) is 25.5 Å². The molecular formula is C14H17N3S. The molecule has 18 heavy (non-hydrogen) atoms. The van der Waals surface area contributed by atoms with E-state index in [9.17, 15) is 0 Å². The maximum atomic E-state index is 4.37. The second kappa shape index (κ2) is 5.16. The van der Waals surface area contributed by atoms with Crippen LogP contribution in [0, 0.1) is 0 Å². The summed E-state index contributed by atoms with van der Waals surface area (Å²) in [6.45, 7) is 0. The van der Waals surface area contributed by atoms with Gasteiger partial charge in [-0.15, -0.1) is 10.2 Å². The Morgan fingerprint density at radius 3 is 2.61 bits per heavy atom. The fourth-order valence-corrected chi connectivity index (χ4v) is 3.41. The Balaban J connectivity index is 1.85. The van der Waals surface area contributed by atoms with E-state index in [4.69, 9.17) is 0 Å². The summed E-state index contributed by atoms with van der Waals surface area (Å²) in [5.74, 6) is 0.671.